The van der Waals surface area contributed by atoms with E-state index in [9.17, 15) is 8.42 Å². The number of anilines is 1. The number of nitrogens with one attached hydrogen (secondary N) is 2. The molecule has 2 rings (SSSR count). The van der Waals surface area contributed by atoms with Crippen LogP contribution in [0, 0.1) is 0 Å². The van der Waals surface area contributed by atoms with Crippen LogP contribution in [0.25, 0.3) is 10.2 Å². The van der Waals surface area contributed by atoms with Crippen LogP contribution in [0.3, 0.4) is 0 Å². The first kappa shape index (κ1) is 14.4. The van der Waals surface area contributed by atoms with E-state index < -0.39 is 10.0 Å². The normalized spacial score (nSPS) is 11.9. The maximum Gasteiger partial charge on any atom is 0.225 e. The Morgan fingerprint density at radius 2 is 2.21 bits per heavy atom. The molecule has 0 saturated carbocycles. The lowest BCUT2D eigenvalue weighted by atomic mass is 10.4. The fraction of sp³-hybridized carbons (Fsp3) is 0.400. The van der Waals surface area contributed by atoms with Crippen LogP contribution in [0.5, 0.6) is 0 Å². The summed E-state index contributed by atoms with van der Waals surface area (Å²) in [5.41, 5.74) is 0. The summed E-state index contributed by atoms with van der Waals surface area (Å²) in [6, 6.07) is 1.87. The van der Waals surface area contributed by atoms with Crippen molar-refractivity contribution in [1.29, 1.82) is 0 Å². The van der Waals surface area contributed by atoms with Gasteiger partial charge in [0.15, 0.2) is 0 Å². The predicted octanol–water partition coefficient (Wildman–Crippen LogP) is 1.70. The number of aromatic nitrogens is 2. The second-order valence-corrected chi connectivity index (χ2v) is 6.88. The first-order chi connectivity index (χ1) is 9.02. The van der Waals surface area contributed by atoms with Crippen LogP contribution in [0.2, 0.25) is 5.28 Å². The number of hydrogen-bond donors (Lipinski definition) is 2. The Kier molecular flexibility index (Phi) is 4.56. The minimum atomic E-state index is -3.24. The van der Waals surface area contributed by atoms with Crippen LogP contribution >= 0.6 is 22.9 Å². The van der Waals surface area contributed by atoms with Gasteiger partial charge in [0.2, 0.25) is 15.3 Å². The molecular weight excluding hydrogens is 308 g/mol. The number of hydrogen-bond acceptors (Lipinski definition) is 6. The zero-order valence-electron chi connectivity index (χ0n) is 10.2. The van der Waals surface area contributed by atoms with Crippen molar-refractivity contribution < 1.29 is 8.42 Å². The predicted molar refractivity (Wildman–Crippen MR) is 78.4 cm³/mol. The number of sulfonamides is 1. The van der Waals surface area contributed by atoms with E-state index in [1.54, 1.807) is 6.92 Å². The van der Waals surface area contributed by atoms with Gasteiger partial charge in [-0.25, -0.2) is 23.1 Å². The molecular formula is C10H13ClN4O2S2. The average molecular weight is 321 g/mol. The Bertz CT molecular complexity index is 671. The molecule has 6 nitrogen and oxygen atoms in total. The number of thiophene rings is 1. The SMILES string of the molecule is CCNS(=O)(=O)CCNc1nc(Cl)nc2sccc12. The van der Waals surface area contributed by atoms with E-state index in [0.29, 0.717) is 12.4 Å². The van der Waals surface area contributed by atoms with Crippen LogP contribution < -0.4 is 10.0 Å². The summed E-state index contributed by atoms with van der Waals surface area (Å²) >= 11 is 7.27. The molecule has 0 aromatic carbocycles. The van der Waals surface area contributed by atoms with E-state index in [0.717, 1.165) is 10.2 Å². The molecule has 0 fully saturated rings. The molecule has 0 bridgehead atoms. The molecule has 0 spiro atoms. The van der Waals surface area contributed by atoms with Crippen LogP contribution in [-0.2, 0) is 10.0 Å². The highest BCUT2D eigenvalue weighted by atomic mass is 35.5. The molecule has 0 radical (unpaired) electrons. The minimum Gasteiger partial charge on any atom is -0.368 e. The number of halogens is 1. The fourth-order valence-electron chi connectivity index (χ4n) is 1.56. The molecule has 2 aromatic heterocycles. The van der Waals surface area contributed by atoms with Crippen molar-refractivity contribution in [3.05, 3.63) is 16.7 Å². The minimum absolute atomic E-state index is 0.0197. The Labute approximate surface area is 120 Å². The van der Waals surface area contributed by atoms with E-state index in [1.165, 1.54) is 11.3 Å². The quantitative estimate of drug-likeness (QED) is 0.791. The molecule has 0 atom stereocenters. The summed E-state index contributed by atoms with van der Waals surface area (Å²) in [5.74, 6) is 0.539. The zero-order valence-corrected chi connectivity index (χ0v) is 12.6. The standard InChI is InChI=1S/C10H13ClN4O2S2/c1-2-13-19(16,17)6-4-12-8-7-3-5-18-9(7)15-10(11)14-8/h3,5,13H,2,4,6H2,1H3,(H,12,14,15). The molecule has 0 aliphatic rings. The molecule has 2 N–H and O–H groups in total. The number of rotatable bonds is 6. The first-order valence-corrected chi connectivity index (χ1v) is 8.55. The van der Waals surface area contributed by atoms with Gasteiger partial charge in [0.05, 0.1) is 11.1 Å². The Hall–Kier alpha value is -0.960. The van der Waals surface area contributed by atoms with Gasteiger partial charge in [-0.05, 0) is 23.0 Å². The Morgan fingerprint density at radius 3 is 2.95 bits per heavy atom. The van der Waals surface area contributed by atoms with Gasteiger partial charge < -0.3 is 5.32 Å². The molecule has 2 aromatic rings. The highest BCUT2D eigenvalue weighted by Gasteiger charge is 2.10. The first-order valence-electron chi connectivity index (χ1n) is 5.64. The van der Waals surface area contributed by atoms with Crippen molar-refractivity contribution in [2.24, 2.45) is 0 Å². The molecule has 19 heavy (non-hydrogen) atoms. The largest absolute Gasteiger partial charge is 0.368 e. The van der Waals surface area contributed by atoms with Crippen molar-refractivity contribution in [1.82, 2.24) is 14.7 Å². The van der Waals surface area contributed by atoms with Crippen LogP contribution in [0.1, 0.15) is 6.92 Å². The number of nitrogens with zero attached hydrogens (tertiary/aromatic N) is 2. The summed E-state index contributed by atoms with van der Waals surface area (Å²) in [6.45, 7) is 2.38. The summed E-state index contributed by atoms with van der Waals surface area (Å²) in [7, 11) is -3.24. The fourth-order valence-corrected chi connectivity index (χ4v) is 3.50. The van der Waals surface area contributed by atoms with Gasteiger partial charge in [0.1, 0.15) is 10.6 Å². The summed E-state index contributed by atoms with van der Waals surface area (Å²) in [4.78, 5) is 8.93. The lowest BCUT2D eigenvalue weighted by Gasteiger charge is -2.08. The highest BCUT2D eigenvalue weighted by Crippen LogP contribution is 2.26. The molecule has 104 valence electrons. The molecule has 2 heterocycles. The third kappa shape index (κ3) is 3.75. The summed E-state index contributed by atoms with van der Waals surface area (Å²) < 4.78 is 25.4. The molecule has 0 unspecified atom stereocenters. The van der Waals surface area contributed by atoms with Crippen molar-refractivity contribution in [2.45, 2.75) is 6.92 Å². The van der Waals surface area contributed by atoms with Gasteiger partial charge in [0, 0.05) is 13.1 Å². The third-order valence-electron chi connectivity index (χ3n) is 2.33. The zero-order chi connectivity index (χ0) is 13.9. The average Bonchev–Trinajstić information content (AvgIpc) is 2.76. The van der Waals surface area contributed by atoms with Crippen LogP contribution in [-0.4, -0.2) is 37.2 Å². The maximum absolute atomic E-state index is 11.5. The van der Waals surface area contributed by atoms with Gasteiger partial charge in [0.25, 0.3) is 0 Å². The van der Waals surface area contributed by atoms with Gasteiger partial charge in [-0.1, -0.05) is 6.92 Å². The van der Waals surface area contributed by atoms with E-state index in [4.69, 9.17) is 11.6 Å². The smallest absolute Gasteiger partial charge is 0.225 e. The molecule has 0 aliphatic carbocycles. The topological polar surface area (TPSA) is 84.0 Å². The van der Waals surface area contributed by atoms with E-state index in [-0.39, 0.29) is 17.6 Å². The number of fused-ring (bicyclic) bond motifs is 1. The molecule has 0 amide bonds. The van der Waals surface area contributed by atoms with E-state index >= 15 is 0 Å². The van der Waals surface area contributed by atoms with Crippen molar-refractivity contribution in [3.63, 3.8) is 0 Å². The Morgan fingerprint density at radius 1 is 1.42 bits per heavy atom. The summed E-state index contributed by atoms with van der Waals surface area (Å²) in [5, 5.41) is 5.85. The third-order valence-corrected chi connectivity index (χ3v) is 4.77. The maximum atomic E-state index is 11.5. The van der Waals surface area contributed by atoms with Gasteiger partial charge in [-0.2, -0.15) is 0 Å². The lowest BCUT2D eigenvalue weighted by Crippen LogP contribution is -2.29. The second kappa shape index (κ2) is 6.00. The lowest BCUT2D eigenvalue weighted by molar-refractivity contribution is 0.584. The van der Waals surface area contributed by atoms with Crippen LogP contribution in [0.15, 0.2) is 11.4 Å². The monoisotopic (exact) mass is 320 g/mol. The van der Waals surface area contributed by atoms with Gasteiger partial charge >= 0.3 is 0 Å². The van der Waals surface area contributed by atoms with E-state index in [1.807, 2.05) is 11.4 Å². The molecule has 0 saturated heterocycles. The second-order valence-electron chi connectivity index (χ2n) is 3.72. The van der Waals surface area contributed by atoms with Crippen molar-refractivity contribution in [2.75, 3.05) is 24.2 Å². The van der Waals surface area contributed by atoms with Gasteiger partial charge in [-0.15, -0.1) is 11.3 Å². The van der Waals surface area contributed by atoms with Crippen molar-refractivity contribution >= 4 is 49.0 Å². The van der Waals surface area contributed by atoms with E-state index in [2.05, 4.69) is 20.0 Å². The van der Waals surface area contributed by atoms with Crippen LogP contribution in [0.4, 0.5) is 5.82 Å². The molecule has 9 heteroatoms. The summed E-state index contributed by atoms with van der Waals surface area (Å²) in [6.07, 6.45) is 0. The highest BCUT2D eigenvalue weighted by molar-refractivity contribution is 7.89. The van der Waals surface area contributed by atoms with Crippen molar-refractivity contribution in [3.8, 4) is 0 Å². The van der Waals surface area contributed by atoms with Gasteiger partial charge in [-0.3, -0.25) is 0 Å². The Balaban J connectivity index is 2.08. The molecule has 0 aliphatic heterocycles.